The first-order valence-corrected chi connectivity index (χ1v) is 9.26. The number of carbonyl (C=O) groups is 1. The molecule has 0 aliphatic rings. The van der Waals surface area contributed by atoms with E-state index in [4.69, 9.17) is 14.0 Å². The van der Waals surface area contributed by atoms with E-state index >= 15 is 0 Å². The number of rotatable bonds is 8. The van der Waals surface area contributed by atoms with Gasteiger partial charge in [0.2, 0.25) is 5.82 Å². The summed E-state index contributed by atoms with van der Waals surface area (Å²) in [5, 5.41) is 11.9. The van der Waals surface area contributed by atoms with Crippen LogP contribution in [0.3, 0.4) is 0 Å². The number of aryl methyl sites for hydroxylation is 1. The van der Waals surface area contributed by atoms with Crippen molar-refractivity contribution in [3.63, 3.8) is 0 Å². The van der Waals surface area contributed by atoms with Crippen LogP contribution in [0.25, 0.3) is 10.9 Å². The van der Waals surface area contributed by atoms with Gasteiger partial charge in [-0.15, -0.1) is 5.10 Å². The second-order valence-electron chi connectivity index (χ2n) is 6.39. The van der Waals surface area contributed by atoms with Gasteiger partial charge in [-0.3, -0.25) is 9.59 Å². The first kappa shape index (κ1) is 20.1. The van der Waals surface area contributed by atoms with E-state index in [0.717, 1.165) is 4.68 Å². The van der Waals surface area contributed by atoms with Gasteiger partial charge in [-0.05, 0) is 36.4 Å². The van der Waals surface area contributed by atoms with Crippen molar-refractivity contribution < 1.29 is 23.2 Å². The largest absolute Gasteiger partial charge is 0.485 e. The van der Waals surface area contributed by atoms with E-state index < -0.39 is 5.97 Å². The predicted octanol–water partition coefficient (Wildman–Crippen LogP) is 2.03. The Kier molecular flexibility index (Phi) is 5.92. The molecule has 0 amide bonds. The number of hydrogen-bond acceptors (Lipinski definition) is 9. The van der Waals surface area contributed by atoms with Crippen LogP contribution in [0.4, 0.5) is 4.39 Å². The summed E-state index contributed by atoms with van der Waals surface area (Å²) in [6.45, 7) is -0.191. The van der Waals surface area contributed by atoms with Crippen molar-refractivity contribution in [2.75, 3.05) is 0 Å². The Labute approximate surface area is 174 Å². The van der Waals surface area contributed by atoms with E-state index in [2.05, 4.69) is 20.5 Å². The monoisotopic (exact) mass is 425 g/mol. The second kappa shape index (κ2) is 9.11. The highest BCUT2D eigenvalue weighted by Gasteiger charge is 2.12. The Bertz CT molecular complexity index is 1250. The van der Waals surface area contributed by atoms with Crippen LogP contribution in [-0.2, 0) is 29.3 Å². The lowest BCUT2D eigenvalue weighted by atomic mass is 10.2. The van der Waals surface area contributed by atoms with E-state index in [1.54, 1.807) is 24.3 Å². The quantitative estimate of drug-likeness (QED) is 0.390. The van der Waals surface area contributed by atoms with Crippen LogP contribution in [0.5, 0.6) is 5.75 Å². The number of carbonyl (C=O) groups excluding carboxylic acids is 1. The molecule has 11 heteroatoms. The minimum atomic E-state index is -0.566. The molecule has 10 nitrogen and oxygen atoms in total. The number of ether oxygens (including phenoxy) is 2. The first-order valence-electron chi connectivity index (χ1n) is 9.26. The van der Waals surface area contributed by atoms with Gasteiger partial charge in [-0.2, -0.15) is 4.98 Å². The molecule has 0 bridgehead atoms. The SMILES string of the molecule is O=C(CCn1nnc2ccccc2c1=O)OCc1nc(COc2ccc(F)cc2)no1. The van der Waals surface area contributed by atoms with Gasteiger partial charge in [-0.25, -0.2) is 9.07 Å². The van der Waals surface area contributed by atoms with Gasteiger partial charge < -0.3 is 14.0 Å². The maximum Gasteiger partial charge on any atom is 0.308 e. The van der Waals surface area contributed by atoms with Gasteiger partial charge >= 0.3 is 5.97 Å². The van der Waals surface area contributed by atoms with Gasteiger partial charge in [0, 0.05) is 0 Å². The Morgan fingerprint density at radius 3 is 2.74 bits per heavy atom. The molecular weight excluding hydrogens is 409 g/mol. The van der Waals surface area contributed by atoms with Gasteiger partial charge in [0.15, 0.2) is 13.2 Å². The molecule has 2 aromatic carbocycles. The minimum absolute atomic E-state index is 0.00658. The zero-order chi connectivity index (χ0) is 21.6. The molecule has 0 unspecified atom stereocenters. The van der Waals surface area contributed by atoms with Crippen molar-refractivity contribution >= 4 is 16.9 Å². The fourth-order valence-corrected chi connectivity index (χ4v) is 2.67. The predicted molar refractivity (Wildman–Crippen MR) is 103 cm³/mol. The molecule has 0 saturated carbocycles. The molecule has 4 rings (SSSR count). The van der Waals surface area contributed by atoms with Gasteiger partial charge in [0.05, 0.1) is 18.4 Å². The van der Waals surface area contributed by atoms with E-state index in [1.807, 2.05) is 0 Å². The lowest BCUT2D eigenvalue weighted by Gasteiger charge is -2.04. The summed E-state index contributed by atoms with van der Waals surface area (Å²) in [7, 11) is 0. The number of benzene rings is 2. The molecule has 0 aliphatic heterocycles. The number of halogens is 1. The minimum Gasteiger partial charge on any atom is -0.485 e. The van der Waals surface area contributed by atoms with Crippen molar-refractivity contribution in [3.05, 3.63) is 76.4 Å². The number of esters is 1. The fourth-order valence-electron chi connectivity index (χ4n) is 2.67. The van der Waals surface area contributed by atoms with Crippen molar-refractivity contribution in [1.29, 1.82) is 0 Å². The Balaban J connectivity index is 1.25. The average molecular weight is 425 g/mol. The number of fused-ring (bicyclic) bond motifs is 1. The van der Waals surface area contributed by atoms with Gasteiger partial charge in [0.25, 0.3) is 11.4 Å². The van der Waals surface area contributed by atoms with E-state index in [1.165, 1.54) is 24.3 Å². The zero-order valence-corrected chi connectivity index (χ0v) is 16.1. The first-order chi connectivity index (χ1) is 15.1. The summed E-state index contributed by atoms with van der Waals surface area (Å²) in [6.07, 6.45) is -0.0817. The number of aromatic nitrogens is 5. The third kappa shape index (κ3) is 5.07. The van der Waals surface area contributed by atoms with Crippen LogP contribution >= 0.6 is 0 Å². The summed E-state index contributed by atoms with van der Waals surface area (Å²) in [5.41, 5.74) is 0.156. The van der Waals surface area contributed by atoms with Crippen LogP contribution in [-0.4, -0.2) is 31.1 Å². The lowest BCUT2D eigenvalue weighted by molar-refractivity contribution is -0.146. The molecule has 0 N–H and O–H groups in total. The molecule has 0 fully saturated rings. The van der Waals surface area contributed by atoms with Crippen molar-refractivity contribution in [3.8, 4) is 5.75 Å². The Morgan fingerprint density at radius 2 is 1.90 bits per heavy atom. The van der Waals surface area contributed by atoms with Crippen LogP contribution in [0.1, 0.15) is 18.1 Å². The third-order valence-corrected chi connectivity index (χ3v) is 4.21. The van der Waals surface area contributed by atoms with Crippen molar-refractivity contribution in [1.82, 2.24) is 25.1 Å². The smallest absolute Gasteiger partial charge is 0.308 e. The molecule has 0 aliphatic carbocycles. The fraction of sp³-hybridized carbons (Fsp3) is 0.200. The number of hydrogen-bond donors (Lipinski definition) is 0. The average Bonchev–Trinajstić information content (AvgIpc) is 3.25. The summed E-state index contributed by atoms with van der Waals surface area (Å²) >= 11 is 0. The van der Waals surface area contributed by atoms with E-state index in [0.29, 0.717) is 16.7 Å². The summed E-state index contributed by atoms with van der Waals surface area (Å²) in [5.74, 6) is -0.147. The molecule has 0 radical (unpaired) electrons. The molecule has 158 valence electrons. The maximum absolute atomic E-state index is 12.9. The van der Waals surface area contributed by atoms with Crippen molar-refractivity contribution in [2.45, 2.75) is 26.2 Å². The van der Waals surface area contributed by atoms with Gasteiger partial charge in [-0.1, -0.05) is 22.5 Å². The second-order valence-corrected chi connectivity index (χ2v) is 6.39. The van der Waals surface area contributed by atoms with Crippen LogP contribution in [0.2, 0.25) is 0 Å². The molecule has 4 aromatic rings. The van der Waals surface area contributed by atoms with Crippen molar-refractivity contribution in [2.24, 2.45) is 0 Å². The van der Waals surface area contributed by atoms with Crippen LogP contribution in [0.15, 0.2) is 57.8 Å². The molecule has 0 saturated heterocycles. The third-order valence-electron chi connectivity index (χ3n) is 4.21. The normalized spacial score (nSPS) is 10.9. The molecular formula is C20H16FN5O5. The molecule has 0 spiro atoms. The van der Waals surface area contributed by atoms with E-state index in [9.17, 15) is 14.0 Å². The summed E-state index contributed by atoms with van der Waals surface area (Å²) in [6, 6.07) is 12.3. The Morgan fingerprint density at radius 1 is 1.10 bits per heavy atom. The lowest BCUT2D eigenvalue weighted by Crippen LogP contribution is -2.25. The van der Waals surface area contributed by atoms with Crippen LogP contribution < -0.4 is 10.3 Å². The standard InChI is InChI=1S/C20H16FN5O5/c21-13-5-7-14(8-6-13)29-11-17-22-18(31-24-17)12-30-19(27)9-10-26-20(28)15-3-1-2-4-16(15)23-25-26/h1-8H,9-12H2. The van der Waals surface area contributed by atoms with Crippen LogP contribution in [0, 0.1) is 5.82 Å². The van der Waals surface area contributed by atoms with Gasteiger partial charge in [0.1, 0.15) is 17.1 Å². The summed E-state index contributed by atoms with van der Waals surface area (Å²) < 4.78 is 29.5. The zero-order valence-electron chi connectivity index (χ0n) is 16.1. The Hall–Kier alpha value is -4.15. The topological polar surface area (TPSA) is 122 Å². The highest BCUT2D eigenvalue weighted by molar-refractivity contribution is 5.76. The number of nitrogens with zero attached hydrogens (tertiary/aromatic N) is 5. The molecule has 2 heterocycles. The van der Waals surface area contributed by atoms with E-state index in [-0.39, 0.29) is 49.3 Å². The highest BCUT2D eigenvalue weighted by Crippen LogP contribution is 2.13. The molecule has 0 atom stereocenters. The molecule has 2 aromatic heterocycles. The summed E-state index contributed by atoms with van der Waals surface area (Å²) in [4.78, 5) is 28.4. The highest BCUT2D eigenvalue weighted by atomic mass is 19.1. The maximum atomic E-state index is 12.9. The molecule has 31 heavy (non-hydrogen) atoms.